The van der Waals surface area contributed by atoms with Gasteiger partial charge in [-0.1, -0.05) is 30.3 Å². The van der Waals surface area contributed by atoms with Crippen molar-refractivity contribution in [1.82, 2.24) is 15.1 Å². The summed E-state index contributed by atoms with van der Waals surface area (Å²) in [4.78, 5) is 45.0. The Balaban J connectivity index is 1.39. The number of fused-ring (bicyclic) bond motifs is 2. The summed E-state index contributed by atoms with van der Waals surface area (Å²) in [5.74, 6) is 0.379. The third-order valence-corrected chi connectivity index (χ3v) is 7.05. The van der Waals surface area contributed by atoms with Crippen molar-refractivity contribution >= 4 is 23.5 Å². The van der Waals surface area contributed by atoms with Crippen LogP contribution in [0.15, 0.2) is 48.5 Å². The van der Waals surface area contributed by atoms with Crippen LogP contribution in [0, 0.1) is 0 Å². The Labute approximate surface area is 199 Å². The van der Waals surface area contributed by atoms with Crippen LogP contribution in [-0.2, 0) is 22.6 Å². The van der Waals surface area contributed by atoms with E-state index >= 15 is 0 Å². The molecule has 34 heavy (non-hydrogen) atoms. The number of hydrogen-bond acceptors (Lipinski definition) is 5. The number of imide groups is 1. The molecular weight excluding hydrogens is 432 g/mol. The van der Waals surface area contributed by atoms with E-state index in [0.29, 0.717) is 18.7 Å². The van der Waals surface area contributed by atoms with Crippen LogP contribution in [0.25, 0.3) is 0 Å². The maximum absolute atomic E-state index is 13.6. The topological polar surface area (TPSA) is 82.2 Å². The van der Waals surface area contributed by atoms with Gasteiger partial charge in [0.1, 0.15) is 18.3 Å². The van der Waals surface area contributed by atoms with Crippen LogP contribution in [-0.4, -0.2) is 66.5 Å². The highest BCUT2D eigenvalue weighted by Crippen LogP contribution is 2.29. The van der Waals surface area contributed by atoms with E-state index in [1.54, 1.807) is 16.9 Å². The molecule has 2 atom stereocenters. The van der Waals surface area contributed by atoms with Gasteiger partial charge in [0.05, 0.1) is 19.7 Å². The largest absolute Gasteiger partial charge is 0.497 e. The third kappa shape index (κ3) is 4.14. The van der Waals surface area contributed by atoms with Crippen molar-refractivity contribution in [2.75, 3.05) is 31.6 Å². The van der Waals surface area contributed by atoms with Crippen molar-refractivity contribution in [3.05, 3.63) is 59.7 Å². The molecule has 3 aliphatic rings. The molecule has 8 heteroatoms. The number of benzene rings is 2. The lowest BCUT2D eigenvalue weighted by Crippen LogP contribution is -2.70. The second-order valence-corrected chi connectivity index (χ2v) is 9.10. The van der Waals surface area contributed by atoms with Gasteiger partial charge in [-0.05, 0) is 61.6 Å². The summed E-state index contributed by atoms with van der Waals surface area (Å²) in [7, 11) is 1.59. The van der Waals surface area contributed by atoms with Crippen LogP contribution in [0.1, 0.15) is 30.4 Å². The summed E-state index contributed by atoms with van der Waals surface area (Å²) >= 11 is 0. The molecule has 2 aromatic rings. The highest BCUT2D eigenvalue weighted by molar-refractivity contribution is 6.03. The molecule has 4 amide bonds. The molecule has 3 heterocycles. The van der Waals surface area contributed by atoms with Crippen molar-refractivity contribution in [2.24, 2.45) is 0 Å². The van der Waals surface area contributed by atoms with Crippen molar-refractivity contribution in [1.29, 1.82) is 0 Å². The molecule has 2 aromatic carbocycles. The molecule has 2 fully saturated rings. The zero-order valence-corrected chi connectivity index (χ0v) is 19.4. The first-order valence-electron chi connectivity index (χ1n) is 11.9. The number of carbonyl (C=O) groups excluding carboxylic acids is 3. The van der Waals surface area contributed by atoms with E-state index in [1.807, 2.05) is 42.5 Å². The lowest BCUT2D eigenvalue weighted by atomic mass is 9.93. The number of piperidine rings is 1. The van der Waals surface area contributed by atoms with Gasteiger partial charge in [-0.25, -0.2) is 4.79 Å². The molecule has 2 unspecified atom stereocenters. The van der Waals surface area contributed by atoms with Crippen molar-refractivity contribution in [3.63, 3.8) is 0 Å². The first-order valence-corrected chi connectivity index (χ1v) is 11.9. The van der Waals surface area contributed by atoms with E-state index in [2.05, 4.69) is 11.4 Å². The summed E-state index contributed by atoms with van der Waals surface area (Å²) in [5.41, 5.74) is 2.90. The number of ether oxygens (including phenoxy) is 1. The van der Waals surface area contributed by atoms with E-state index in [1.165, 1.54) is 4.90 Å². The van der Waals surface area contributed by atoms with Gasteiger partial charge < -0.3 is 19.9 Å². The van der Waals surface area contributed by atoms with Crippen LogP contribution >= 0.6 is 0 Å². The van der Waals surface area contributed by atoms with Crippen molar-refractivity contribution < 1.29 is 19.1 Å². The molecule has 2 saturated heterocycles. The Bertz CT molecular complexity index is 1090. The Morgan fingerprint density at radius 1 is 1.09 bits per heavy atom. The number of nitrogens with zero attached hydrogens (tertiary/aromatic N) is 3. The number of urea groups is 1. The predicted molar refractivity (Wildman–Crippen MR) is 128 cm³/mol. The molecule has 3 aliphatic heterocycles. The van der Waals surface area contributed by atoms with Gasteiger partial charge >= 0.3 is 6.03 Å². The predicted octanol–water partition coefficient (Wildman–Crippen LogP) is 2.56. The lowest BCUT2D eigenvalue weighted by molar-refractivity contribution is -0.138. The Hall–Kier alpha value is -3.39. The molecule has 8 nitrogen and oxygen atoms in total. The number of amides is 4. The number of nitrogens with one attached hydrogen (secondary N) is 1. The van der Waals surface area contributed by atoms with Gasteiger partial charge in [0.25, 0.3) is 0 Å². The third-order valence-electron chi connectivity index (χ3n) is 7.05. The maximum atomic E-state index is 13.6. The first kappa shape index (κ1) is 22.4. The minimum atomic E-state index is -0.494. The molecule has 178 valence electrons. The number of carbonyl (C=O) groups is 3. The van der Waals surface area contributed by atoms with E-state index in [0.717, 1.165) is 42.6 Å². The van der Waals surface area contributed by atoms with Gasteiger partial charge in [-0.15, -0.1) is 0 Å². The van der Waals surface area contributed by atoms with Crippen LogP contribution < -0.4 is 15.0 Å². The second-order valence-electron chi connectivity index (χ2n) is 9.10. The van der Waals surface area contributed by atoms with E-state index in [4.69, 9.17) is 4.74 Å². The molecule has 0 saturated carbocycles. The van der Waals surface area contributed by atoms with Gasteiger partial charge in [0.15, 0.2) is 0 Å². The van der Waals surface area contributed by atoms with Gasteiger partial charge in [0, 0.05) is 12.2 Å². The average Bonchev–Trinajstić information content (AvgIpc) is 2.89. The normalized spacial score (nSPS) is 22.3. The molecule has 0 aliphatic carbocycles. The summed E-state index contributed by atoms with van der Waals surface area (Å²) in [6.07, 6.45) is 3.40. The van der Waals surface area contributed by atoms with E-state index < -0.39 is 12.1 Å². The molecule has 0 bridgehead atoms. The minimum absolute atomic E-state index is 0.0393. The highest BCUT2D eigenvalue weighted by Gasteiger charge is 2.48. The molecule has 0 spiro atoms. The van der Waals surface area contributed by atoms with E-state index in [9.17, 15) is 14.4 Å². The average molecular weight is 463 g/mol. The summed E-state index contributed by atoms with van der Waals surface area (Å²) in [6.45, 7) is 1.48. The van der Waals surface area contributed by atoms with E-state index in [-0.39, 0.29) is 30.9 Å². The number of methoxy groups -OCH3 is 1. The fraction of sp³-hybridized carbons (Fsp3) is 0.423. The maximum Gasteiger partial charge on any atom is 0.327 e. The molecule has 5 rings (SSSR count). The molecular formula is C26H30N4O4. The smallest absolute Gasteiger partial charge is 0.327 e. The highest BCUT2D eigenvalue weighted by atomic mass is 16.5. The Morgan fingerprint density at radius 3 is 2.68 bits per heavy atom. The summed E-state index contributed by atoms with van der Waals surface area (Å²) < 4.78 is 5.21. The quantitative estimate of drug-likeness (QED) is 0.739. The zero-order valence-electron chi connectivity index (χ0n) is 19.4. The van der Waals surface area contributed by atoms with Crippen LogP contribution in [0.5, 0.6) is 5.75 Å². The molecule has 1 N–H and O–H groups in total. The summed E-state index contributed by atoms with van der Waals surface area (Å²) in [6, 6.07) is 14.1. The van der Waals surface area contributed by atoms with Crippen LogP contribution in [0.4, 0.5) is 10.5 Å². The SMILES string of the molecule is COc1ccc(CN2C(=O)C3NCCCC3N(CC(=O)N3CCCc4ccccc43)C2=O)cc1. The zero-order chi connectivity index (χ0) is 23.7. The van der Waals surface area contributed by atoms with Crippen molar-refractivity contribution in [3.8, 4) is 5.75 Å². The summed E-state index contributed by atoms with van der Waals surface area (Å²) in [5, 5.41) is 3.29. The number of aryl methyl sites for hydroxylation is 1. The second kappa shape index (κ2) is 9.46. The number of para-hydroxylation sites is 1. The molecule has 0 radical (unpaired) electrons. The molecule has 0 aromatic heterocycles. The first-order chi connectivity index (χ1) is 16.6. The van der Waals surface area contributed by atoms with Crippen LogP contribution in [0.2, 0.25) is 0 Å². The van der Waals surface area contributed by atoms with Crippen LogP contribution in [0.3, 0.4) is 0 Å². The monoisotopic (exact) mass is 462 g/mol. The Morgan fingerprint density at radius 2 is 1.88 bits per heavy atom. The van der Waals surface area contributed by atoms with Gasteiger partial charge in [0.2, 0.25) is 11.8 Å². The standard InChI is InChI=1S/C26H30N4O4/c1-34-20-12-10-18(11-13-20)16-30-25(32)24-22(9-4-14-27-24)29(26(30)33)17-23(31)28-15-5-7-19-6-2-3-8-21(19)28/h2-3,6,8,10-13,22,24,27H,4-5,7,9,14-17H2,1H3. The van der Waals surface area contributed by atoms with Gasteiger partial charge in [-0.3, -0.25) is 14.5 Å². The number of hydrogen-bond donors (Lipinski definition) is 1. The Kier molecular flexibility index (Phi) is 6.24. The number of rotatable bonds is 5. The van der Waals surface area contributed by atoms with Crippen molar-refractivity contribution in [2.45, 2.75) is 44.3 Å². The van der Waals surface area contributed by atoms with Gasteiger partial charge in [-0.2, -0.15) is 0 Å². The lowest BCUT2D eigenvalue weighted by Gasteiger charge is -2.47. The number of anilines is 1. The minimum Gasteiger partial charge on any atom is -0.497 e. The fourth-order valence-electron chi connectivity index (χ4n) is 5.29. The fourth-order valence-corrected chi connectivity index (χ4v) is 5.29.